The van der Waals surface area contributed by atoms with Crippen molar-refractivity contribution in [2.75, 3.05) is 6.61 Å². The fourth-order valence-electron chi connectivity index (χ4n) is 1.68. The van der Waals surface area contributed by atoms with E-state index in [0.717, 1.165) is 6.42 Å². The summed E-state index contributed by atoms with van der Waals surface area (Å²) in [5.74, 6) is -0.700. The minimum Gasteiger partial charge on any atom is -0.491 e. The standard InChI is InChI=1S/C17H24N2O5/c1-5-12(4)18-17(22)19-15(20)10-23-16(21)13-6-8-14(9-7-13)24-11(2)3/h6-9,11-12H,5,10H2,1-4H3,(H2,18,19,20,22)/t12-/m1/s1. The van der Waals surface area contributed by atoms with Crippen molar-refractivity contribution in [2.24, 2.45) is 0 Å². The maximum Gasteiger partial charge on any atom is 0.338 e. The van der Waals surface area contributed by atoms with E-state index in [4.69, 9.17) is 9.47 Å². The van der Waals surface area contributed by atoms with Gasteiger partial charge in [0.25, 0.3) is 5.91 Å². The van der Waals surface area contributed by atoms with E-state index in [9.17, 15) is 14.4 Å². The minimum atomic E-state index is -0.691. The highest BCUT2D eigenvalue weighted by molar-refractivity contribution is 5.97. The third-order valence-electron chi connectivity index (χ3n) is 3.04. The number of ether oxygens (including phenoxy) is 2. The van der Waals surface area contributed by atoms with Crippen molar-refractivity contribution in [3.63, 3.8) is 0 Å². The number of esters is 1. The van der Waals surface area contributed by atoms with Gasteiger partial charge in [-0.05, 0) is 51.5 Å². The van der Waals surface area contributed by atoms with Crippen LogP contribution in [0.25, 0.3) is 0 Å². The van der Waals surface area contributed by atoms with Gasteiger partial charge in [-0.15, -0.1) is 0 Å². The van der Waals surface area contributed by atoms with Crippen LogP contribution in [0.2, 0.25) is 0 Å². The smallest absolute Gasteiger partial charge is 0.338 e. The zero-order valence-electron chi connectivity index (χ0n) is 14.4. The highest BCUT2D eigenvalue weighted by Gasteiger charge is 2.13. The van der Waals surface area contributed by atoms with E-state index in [1.807, 2.05) is 27.7 Å². The Morgan fingerprint density at radius 3 is 2.25 bits per heavy atom. The van der Waals surface area contributed by atoms with E-state index in [1.165, 1.54) is 0 Å². The Morgan fingerprint density at radius 2 is 1.71 bits per heavy atom. The molecule has 3 amide bonds. The molecule has 0 saturated heterocycles. The molecule has 0 aliphatic carbocycles. The van der Waals surface area contributed by atoms with Crippen LogP contribution in [0.5, 0.6) is 5.75 Å². The second-order valence-electron chi connectivity index (χ2n) is 5.60. The van der Waals surface area contributed by atoms with E-state index in [0.29, 0.717) is 11.3 Å². The monoisotopic (exact) mass is 336 g/mol. The number of carbonyl (C=O) groups is 3. The summed E-state index contributed by atoms with van der Waals surface area (Å²) in [7, 11) is 0. The summed E-state index contributed by atoms with van der Waals surface area (Å²) < 4.78 is 10.3. The second-order valence-corrected chi connectivity index (χ2v) is 5.60. The Morgan fingerprint density at radius 1 is 1.08 bits per heavy atom. The summed E-state index contributed by atoms with van der Waals surface area (Å²) in [5, 5.41) is 4.67. The molecule has 0 heterocycles. The van der Waals surface area contributed by atoms with Crippen LogP contribution in [0.15, 0.2) is 24.3 Å². The fraction of sp³-hybridized carbons (Fsp3) is 0.471. The Kier molecular flexibility index (Phi) is 7.74. The third-order valence-corrected chi connectivity index (χ3v) is 3.04. The molecule has 1 aromatic rings. The molecule has 0 radical (unpaired) electrons. The van der Waals surface area contributed by atoms with Gasteiger partial charge in [0.15, 0.2) is 6.61 Å². The molecule has 1 rings (SSSR count). The molecule has 0 bridgehead atoms. The summed E-state index contributed by atoms with van der Waals surface area (Å²) >= 11 is 0. The average Bonchev–Trinajstić information content (AvgIpc) is 2.52. The maximum atomic E-state index is 11.8. The number of imide groups is 1. The number of hydrogen-bond acceptors (Lipinski definition) is 5. The zero-order chi connectivity index (χ0) is 18.1. The van der Waals surface area contributed by atoms with Crippen molar-refractivity contribution in [1.29, 1.82) is 0 Å². The number of rotatable bonds is 7. The van der Waals surface area contributed by atoms with Gasteiger partial charge in [0.1, 0.15) is 5.75 Å². The third kappa shape index (κ3) is 7.13. The van der Waals surface area contributed by atoms with Crippen LogP contribution in [0, 0.1) is 0 Å². The number of carbonyl (C=O) groups excluding carboxylic acids is 3. The quantitative estimate of drug-likeness (QED) is 0.745. The topological polar surface area (TPSA) is 93.7 Å². The average molecular weight is 336 g/mol. The summed E-state index contributed by atoms with van der Waals surface area (Å²) in [6.07, 6.45) is 0.778. The van der Waals surface area contributed by atoms with E-state index < -0.39 is 24.5 Å². The van der Waals surface area contributed by atoms with Crippen LogP contribution in [0.3, 0.4) is 0 Å². The largest absolute Gasteiger partial charge is 0.491 e. The number of hydrogen-bond donors (Lipinski definition) is 2. The summed E-state index contributed by atoms with van der Waals surface area (Å²) in [5.41, 5.74) is 0.294. The van der Waals surface area contributed by atoms with Gasteiger partial charge in [-0.1, -0.05) is 6.92 Å². The van der Waals surface area contributed by atoms with Gasteiger partial charge < -0.3 is 14.8 Å². The Balaban J connectivity index is 2.42. The molecule has 1 aromatic carbocycles. The molecule has 0 saturated carbocycles. The SMILES string of the molecule is CC[C@@H](C)NC(=O)NC(=O)COC(=O)c1ccc(OC(C)C)cc1. The molecular formula is C17H24N2O5. The van der Waals surface area contributed by atoms with Gasteiger partial charge >= 0.3 is 12.0 Å². The van der Waals surface area contributed by atoms with E-state index in [2.05, 4.69) is 10.6 Å². The van der Waals surface area contributed by atoms with Crippen LogP contribution in [-0.4, -0.2) is 36.7 Å². The van der Waals surface area contributed by atoms with E-state index in [-0.39, 0.29) is 12.1 Å². The highest BCUT2D eigenvalue weighted by atomic mass is 16.5. The van der Waals surface area contributed by atoms with Gasteiger partial charge in [-0.2, -0.15) is 0 Å². The van der Waals surface area contributed by atoms with Gasteiger partial charge in [0.05, 0.1) is 11.7 Å². The first kappa shape index (κ1) is 19.5. The van der Waals surface area contributed by atoms with Crippen molar-refractivity contribution < 1.29 is 23.9 Å². The van der Waals surface area contributed by atoms with Crippen LogP contribution < -0.4 is 15.4 Å². The number of urea groups is 1. The predicted octanol–water partition coefficient (Wildman–Crippen LogP) is 2.25. The van der Waals surface area contributed by atoms with Crippen LogP contribution in [0.4, 0.5) is 4.79 Å². The summed E-state index contributed by atoms with van der Waals surface area (Å²) in [6.45, 7) is 7.00. The molecule has 0 aromatic heterocycles. The van der Waals surface area contributed by atoms with Gasteiger partial charge in [-0.25, -0.2) is 9.59 Å². The van der Waals surface area contributed by atoms with Crippen LogP contribution >= 0.6 is 0 Å². The van der Waals surface area contributed by atoms with Crippen molar-refractivity contribution in [3.8, 4) is 5.75 Å². The molecule has 1 atom stereocenters. The van der Waals surface area contributed by atoms with E-state index in [1.54, 1.807) is 24.3 Å². The summed E-state index contributed by atoms with van der Waals surface area (Å²) in [6, 6.07) is 5.74. The normalized spacial score (nSPS) is 11.5. The van der Waals surface area contributed by atoms with E-state index >= 15 is 0 Å². The lowest BCUT2D eigenvalue weighted by Gasteiger charge is -2.12. The molecule has 7 heteroatoms. The molecule has 24 heavy (non-hydrogen) atoms. The molecule has 0 fully saturated rings. The summed E-state index contributed by atoms with van der Waals surface area (Å²) in [4.78, 5) is 34.9. The molecule has 132 valence electrons. The van der Waals surface area contributed by atoms with Crippen LogP contribution in [0.1, 0.15) is 44.5 Å². The molecular weight excluding hydrogens is 312 g/mol. The highest BCUT2D eigenvalue weighted by Crippen LogP contribution is 2.14. The molecule has 0 unspecified atom stereocenters. The Labute approximate surface area is 141 Å². The minimum absolute atomic E-state index is 0.0353. The Bertz CT molecular complexity index is 569. The number of nitrogens with one attached hydrogen (secondary N) is 2. The molecule has 0 aliphatic rings. The maximum absolute atomic E-state index is 11.8. The molecule has 2 N–H and O–H groups in total. The van der Waals surface area contributed by atoms with Crippen molar-refractivity contribution in [1.82, 2.24) is 10.6 Å². The lowest BCUT2D eigenvalue weighted by molar-refractivity contribution is -0.123. The van der Waals surface area contributed by atoms with Crippen molar-refractivity contribution in [3.05, 3.63) is 29.8 Å². The number of amides is 3. The first-order valence-corrected chi connectivity index (χ1v) is 7.86. The van der Waals surface area contributed by atoms with Crippen molar-refractivity contribution in [2.45, 2.75) is 46.3 Å². The first-order chi connectivity index (χ1) is 11.3. The fourth-order valence-corrected chi connectivity index (χ4v) is 1.68. The van der Waals surface area contributed by atoms with Gasteiger partial charge in [0.2, 0.25) is 0 Å². The lowest BCUT2D eigenvalue weighted by Crippen LogP contribution is -2.44. The molecule has 0 spiro atoms. The zero-order valence-corrected chi connectivity index (χ0v) is 14.4. The molecule has 7 nitrogen and oxygen atoms in total. The number of benzene rings is 1. The van der Waals surface area contributed by atoms with Gasteiger partial charge in [-0.3, -0.25) is 10.1 Å². The van der Waals surface area contributed by atoms with Crippen molar-refractivity contribution >= 4 is 17.9 Å². The van der Waals surface area contributed by atoms with Gasteiger partial charge in [0, 0.05) is 6.04 Å². The lowest BCUT2D eigenvalue weighted by atomic mass is 10.2. The Hall–Kier alpha value is -2.57. The predicted molar refractivity (Wildman–Crippen MR) is 88.9 cm³/mol. The molecule has 0 aliphatic heterocycles. The van der Waals surface area contributed by atoms with Crippen LogP contribution in [-0.2, 0) is 9.53 Å². The first-order valence-electron chi connectivity index (χ1n) is 7.86. The second kappa shape index (κ2) is 9.54.